The van der Waals surface area contributed by atoms with E-state index >= 15 is 0 Å². The normalized spacial score (nSPS) is 9.33. The molecule has 5 heteroatoms. The van der Waals surface area contributed by atoms with Gasteiger partial charge in [0.1, 0.15) is 5.75 Å². The van der Waals surface area contributed by atoms with E-state index in [4.69, 9.17) is 9.47 Å². The fourth-order valence-corrected chi connectivity index (χ4v) is 1.44. The van der Waals surface area contributed by atoms with E-state index in [1.807, 2.05) is 36.4 Å². The van der Waals surface area contributed by atoms with Crippen molar-refractivity contribution in [2.45, 2.75) is 0 Å². The van der Waals surface area contributed by atoms with Gasteiger partial charge in [0.05, 0.1) is 19.9 Å². The van der Waals surface area contributed by atoms with Gasteiger partial charge in [-0.2, -0.15) is 0 Å². The molecule has 2 aromatic rings. The first-order chi connectivity index (χ1) is 9.81. The van der Waals surface area contributed by atoms with Crippen molar-refractivity contribution < 1.29 is 27.4 Å². The molecule has 2 rings (SSSR count). The zero-order chi connectivity index (χ0) is 14.8. The fraction of sp³-hybridized carbons (Fsp3) is 0.125. The fourth-order valence-electron chi connectivity index (χ4n) is 1.44. The number of ether oxygens (including phenoxy) is 2. The molecule has 0 atom stereocenters. The number of hydrogen-bond donors (Lipinski definition) is 0. The van der Waals surface area contributed by atoms with Crippen LogP contribution in [0.2, 0.25) is 0 Å². The van der Waals surface area contributed by atoms with Crippen molar-refractivity contribution >= 4 is 21.5 Å². The van der Waals surface area contributed by atoms with Crippen molar-refractivity contribution in [2.75, 3.05) is 14.2 Å². The van der Waals surface area contributed by atoms with Crippen LogP contribution in [0.4, 0.5) is 5.69 Å². The standard InChI is InChI=1S/C15H14NO2.CH3.ClH.Ir/c1-17-14-7-3-12(4-8-14)11-16-13-5-9-15(18-2)10-6-13;;;/h3,5-11H,1-2H3;1H3;1H;/q2*-1;;+3/p-1. The quantitative estimate of drug-likeness (QED) is 0.478. The van der Waals surface area contributed by atoms with Gasteiger partial charge in [0.25, 0.3) is 0 Å². The van der Waals surface area contributed by atoms with Crippen LogP contribution in [0.15, 0.2) is 47.5 Å². The summed E-state index contributed by atoms with van der Waals surface area (Å²) in [6, 6.07) is 16.2. The summed E-state index contributed by atoms with van der Waals surface area (Å²) in [6.07, 6.45) is 1.77. The summed E-state index contributed by atoms with van der Waals surface area (Å²) in [5.41, 5.74) is 1.78. The molecule has 0 heterocycles. The van der Waals surface area contributed by atoms with E-state index in [0.717, 1.165) is 22.7 Å². The number of benzene rings is 2. The third-order valence-electron chi connectivity index (χ3n) is 2.47. The van der Waals surface area contributed by atoms with Crippen LogP contribution in [0.3, 0.4) is 0 Å². The molecule has 2 aromatic carbocycles. The van der Waals surface area contributed by atoms with Crippen LogP contribution in [0, 0.1) is 13.5 Å². The summed E-state index contributed by atoms with van der Waals surface area (Å²) in [4.78, 5) is 4.35. The van der Waals surface area contributed by atoms with Crippen LogP contribution >= 0.6 is 9.58 Å². The maximum atomic E-state index is 5.09. The molecule has 21 heavy (non-hydrogen) atoms. The molecular weight excluding hydrogens is 466 g/mol. The van der Waals surface area contributed by atoms with E-state index in [1.54, 1.807) is 26.5 Å². The zero-order valence-corrected chi connectivity index (χ0v) is 15.2. The summed E-state index contributed by atoms with van der Waals surface area (Å²) < 4.78 is 10.2. The maximum absolute atomic E-state index is 5.09. The Morgan fingerprint density at radius 3 is 2.05 bits per heavy atom. The molecule has 0 aliphatic heterocycles. The Labute approximate surface area is 141 Å². The van der Waals surface area contributed by atoms with Gasteiger partial charge in [0, 0.05) is 5.75 Å². The van der Waals surface area contributed by atoms with E-state index < -0.39 is 0 Å². The van der Waals surface area contributed by atoms with Gasteiger partial charge in [-0.1, -0.05) is 0 Å². The number of aliphatic imine (C=N–C) groups is 1. The van der Waals surface area contributed by atoms with E-state index in [2.05, 4.69) is 20.6 Å². The van der Waals surface area contributed by atoms with Crippen molar-refractivity contribution in [2.24, 2.45) is 4.99 Å². The first-order valence-electron chi connectivity index (χ1n) is 5.68. The van der Waals surface area contributed by atoms with Crippen LogP contribution < -0.4 is 9.47 Å². The Balaban J connectivity index is 0.00000128. The number of hydrogen-bond acceptors (Lipinski definition) is 3. The molecule has 0 unspecified atom stereocenters. The minimum absolute atomic E-state index is 0. The van der Waals surface area contributed by atoms with E-state index in [0.29, 0.717) is 0 Å². The summed E-state index contributed by atoms with van der Waals surface area (Å²) in [7, 11) is 7.92. The van der Waals surface area contributed by atoms with E-state index in [-0.39, 0.29) is 7.43 Å². The van der Waals surface area contributed by atoms with Crippen molar-refractivity contribution in [3.8, 4) is 11.5 Å². The molecule has 0 aromatic heterocycles. The third kappa shape index (κ3) is 6.76. The molecule has 3 nitrogen and oxygen atoms in total. The van der Waals surface area contributed by atoms with Crippen molar-refractivity contribution in [1.82, 2.24) is 0 Å². The van der Waals surface area contributed by atoms with Crippen LogP contribution in [0.25, 0.3) is 0 Å². The minimum atomic E-state index is 0. The second-order valence-electron chi connectivity index (χ2n) is 3.64. The topological polar surface area (TPSA) is 30.8 Å². The molecule has 0 fully saturated rings. The van der Waals surface area contributed by atoms with Gasteiger partial charge in [-0.25, -0.2) is 0 Å². The second kappa shape index (κ2) is 11.3. The Morgan fingerprint density at radius 2 is 1.57 bits per heavy atom. The molecule has 0 saturated carbocycles. The summed E-state index contributed by atoms with van der Waals surface area (Å²) in [5, 5.41) is 0. The van der Waals surface area contributed by atoms with Gasteiger partial charge >= 0.3 is 27.5 Å². The Hall–Kier alpha value is -1.35. The predicted molar refractivity (Wildman–Crippen MR) is 84.3 cm³/mol. The van der Waals surface area contributed by atoms with Crippen LogP contribution in [0.1, 0.15) is 5.56 Å². The molecule has 114 valence electrons. The molecule has 0 spiro atoms. The Bertz CT molecular complexity index is 477. The molecule has 0 saturated heterocycles. The molecule has 0 aliphatic carbocycles. The summed E-state index contributed by atoms with van der Waals surface area (Å²) >= 11 is 1.47. The van der Waals surface area contributed by atoms with Gasteiger partial charge in [0.2, 0.25) is 0 Å². The van der Waals surface area contributed by atoms with Gasteiger partial charge < -0.3 is 21.9 Å². The van der Waals surface area contributed by atoms with Crippen molar-refractivity contribution in [3.63, 3.8) is 0 Å². The SMILES string of the molecule is COc1c[c-]c(C=Nc2ccc(OC)cc2)cc1.[CH3-].[Cl][Ir+2]. The van der Waals surface area contributed by atoms with E-state index in [1.165, 1.54) is 17.9 Å². The van der Waals surface area contributed by atoms with Gasteiger partial charge in [-0.05, 0) is 30.5 Å². The van der Waals surface area contributed by atoms with Gasteiger partial charge in [0.15, 0.2) is 0 Å². The van der Waals surface area contributed by atoms with Gasteiger partial charge in [-0.3, -0.25) is 0 Å². The Kier molecular flexibility index (Phi) is 10.6. The third-order valence-corrected chi connectivity index (χ3v) is 2.47. The molecule has 0 aliphatic rings. The van der Waals surface area contributed by atoms with Crippen LogP contribution in [-0.2, 0) is 17.9 Å². The van der Waals surface area contributed by atoms with Crippen molar-refractivity contribution in [3.05, 3.63) is 61.5 Å². The van der Waals surface area contributed by atoms with Crippen molar-refractivity contribution in [1.29, 1.82) is 0 Å². The summed E-state index contributed by atoms with van der Waals surface area (Å²) in [5.74, 6) is 1.61. The first-order valence-corrected chi connectivity index (χ1v) is 8.65. The van der Waals surface area contributed by atoms with Crippen LogP contribution in [-0.4, -0.2) is 20.4 Å². The number of methoxy groups -OCH3 is 2. The average Bonchev–Trinajstić information content (AvgIpc) is 2.55. The average molecular weight is 483 g/mol. The molecular formula is C16H17ClIrNO2. The number of halogens is 1. The van der Waals surface area contributed by atoms with Crippen LogP contribution in [0.5, 0.6) is 11.5 Å². The molecule has 0 amide bonds. The summed E-state index contributed by atoms with van der Waals surface area (Å²) in [6.45, 7) is 0. The van der Waals surface area contributed by atoms with E-state index in [9.17, 15) is 0 Å². The molecule has 0 radical (unpaired) electrons. The first kappa shape index (κ1) is 19.6. The zero-order valence-electron chi connectivity index (χ0n) is 12.1. The molecule has 0 bridgehead atoms. The number of rotatable bonds is 4. The Morgan fingerprint density at radius 1 is 1.00 bits per heavy atom. The monoisotopic (exact) mass is 483 g/mol. The predicted octanol–water partition coefficient (Wildman–Crippen LogP) is 4.39. The number of nitrogens with zero attached hydrogens (tertiary/aromatic N) is 1. The van der Waals surface area contributed by atoms with Gasteiger partial charge in [-0.15, -0.1) is 29.8 Å². The molecule has 0 N–H and O–H groups in total. The second-order valence-corrected chi connectivity index (χ2v) is 3.64.